The summed E-state index contributed by atoms with van der Waals surface area (Å²) in [6.07, 6.45) is 0.489. The number of epoxide rings is 1. The van der Waals surface area contributed by atoms with Gasteiger partial charge in [0, 0.05) is 0 Å². The van der Waals surface area contributed by atoms with E-state index in [4.69, 9.17) is 14.0 Å². The third-order valence-corrected chi connectivity index (χ3v) is 17.8. The summed E-state index contributed by atoms with van der Waals surface area (Å²) in [6.45, 7) is 17.2. The summed E-state index contributed by atoms with van der Waals surface area (Å²) in [5.41, 5.74) is 1.23. The molecule has 0 amide bonds. The molecule has 0 bridgehead atoms. The number of hydrogen-bond acceptors (Lipinski definition) is 8. The van der Waals surface area contributed by atoms with Gasteiger partial charge in [-0.25, -0.2) is 0 Å². The number of aliphatic hydroxyl groups excluding tert-OH is 3. The van der Waals surface area contributed by atoms with E-state index in [1.807, 2.05) is 6.92 Å². The predicted molar refractivity (Wildman–Crippen MR) is 152 cm³/mol. The molecule has 10 atom stereocenters. The first-order valence-electron chi connectivity index (χ1n) is 14.9. The van der Waals surface area contributed by atoms with Crippen LogP contribution in [-0.4, -0.2) is 56.6 Å². The van der Waals surface area contributed by atoms with E-state index < -0.39 is 32.4 Å². The molecule has 1 aromatic heterocycles. The Hall–Kier alpha value is -1.55. The van der Waals surface area contributed by atoms with Crippen LogP contribution < -0.4 is 0 Å². The van der Waals surface area contributed by atoms with Crippen molar-refractivity contribution >= 4 is 0 Å². The molecule has 2 aromatic rings. The van der Waals surface area contributed by atoms with E-state index in [-0.39, 0.29) is 55.7 Å². The molecule has 8 nitrogen and oxygen atoms in total. The molecule has 42 heavy (non-hydrogen) atoms. The van der Waals surface area contributed by atoms with Gasteiger partial charge in [-0.15, -0.1) is 0 Å². The van der Waals surface area contributed by atoms with Crippen LogP contribution in [0.25, 0.3) is 11.3 Å². The minimum absolute atomic E-state index is 0.0193. The van der Waals surface area contributed by atoms with Gasteiger partial charge in [-0.1, -0.05) is 0 Å². The second-order valence-electron chi connectivity index (χ2n) is 14.0. The molecule has 4 N–H and O–H groups in total. The van der Waals surface area contributed by atoms with Crippen molar-refractivity contribution in [1.29, 1.82) is 0 Å². The number of benzene rings is 1. The maximum absolute atomic E-state index is 12.5. The Morgan fingerprint density at radius 3 is 2.52 bits per heavy atom. The second-order valence-corrected chi connectivity index (χ2v) is 18.3. The first-order chi connectivity index (χ1) is 19.7. The van der Waals surface area contributed by atoms with Crippen LogP contribution in [0.4, 0.5) is 0 Å². The van der Waals surface area contributed by atoms with Crippen molar-refractivity contribution in [1.82, 2.24) is 5.16 Å². The van der Waals surface area contributed by atoms with Gasteiger partial charge in [0.2, 0.25) is 0 Å². The van der Waals surface area contributed by atoms with Crippen LogP contribution in [0.2, 0.25) is 2.92 Å². The maximum atomic E-state index is 12.5. The van der Waals surface area contributed by atoms with Crippen molar-refractivity contribution in [2.45, 2.75) is 75.0 Å². The summed E-state index contributed by atoms with van der Waals surface area (Å²) < 4.78 is 17.8. The molecule has 223 valence electrons. The van der Waals surface area contributed by atoms with Crippen LogP contribution in [0.15, 0.2) is 52.6 Å². The Morgan fingerprint density at radius 1 is 1.24 bits per heavy atom. The Balaban J connectivity index is 1.46. The number of rotatable bonds is 7. The molecule has 2 heterocycles. The molecule has 6 rings (SSSR count). The van der Waals surface area contributed by atoms with Gasteiger partial charge in [-0.2, -0.15) is 0 Å². The van der Waals surface area contributed by atoms with E-state index in [0.29, 0.717) is 46.6 Å². The standard InChI is InChI=1S/C33H42NO7.Hg/c1-16-13-32(17(2)12-22-25(31(22,6)7)19(4)29(32)37)28(33(15-39-33)18(3)14-35)27(16)40-30(38)24-20(5)41-34-26(24)21-10-8-9-11-23(21)36;/h8-11,13,17,19,22,25,27,29-30,35-38H,3,12,14-15H2,1-2,4-7H3;/t17-,19+,22-,25+,27+,29?,30?,32-,33?;/m1./s1. The van der Waals surface area contributed by atoms with Crippen molar-refractivity contribution in [2.75, 3.05) is 13.2 Å². The number of aryl methyl sites for hydroxylation is 1. The van der Waals surface area contributed by atoms with Gasteiger partial charge in [0.1, 0.15) is 0 Å². The zero-order valence-corrected chi connectivity index (χ0v) is 30.9. The van der Waals surface area contributed by atoms with Gasteiger partial charge in [0.15, 0.2) is 0 Å². The number of para-hydroxylation sites is 1. The van der Waals surface area contributed by atoms with E-state index in [1.54, 1.807) is 31.2 Å². The molecular formula is C33H42HgNO7. The molecule has 3 fully saturated rings. The number of ether oxygens (including phenoxy) is 2. The molecule has 0 radical (unpaired) electrons. The van der Waals surface area contributed by atoms with Crippen molar-refractivity contribution in [3.05, 3.63) is 59.4 Å². The minimum atomic E-state index is -1.43. The molecule has 2 saturated carbocycles. The molecule has 3 aliphatic carbocycles. The van der Waals surface area contributed by atoms with E-state index >= 15 is 0 Å². The third-order valence-electron chi connectivity index (χ3n) is 11.7. The summed E-state index contributed by atoms with van der Waals surface area (Å²) in [5.74, 6) is 1.50. The van der Waals surface area contributed by atoms with Gasteiger partial charge in [-0.05, 0) is 0 Å². The summed E-state index contributed by atoms with van der Waals surface area (Å²) in [4.78, 5) is 0. The SMILES string of the molecule is C=C(CO)C1([C@]2([Hg])[C@@H](OC(O)c3c(-c4ccccc4O)noc3C)C(C)=C[C@]23C(O)[C@@H](C)[C@H]2[C@@H](C[C@H]3C)C2(C)C)CO1. The fourth-order valence-electron chi connectivity index (χ4n) is 9.40. The monoisotopic (exact) mass is 766 g/mol. The van der Waals surface area contributed by atoms with Crippen molar-refractivity contribution < 1.29 is 60.5 Å². The van der Waals surface area contributed by atoms with Crippen LogP contribution in [0, 0.1) is 41.4 Å². The number of hydrogen-bond donors (Lipinski definition) is 4. The van der Waals surface area contributed by atoms with E-state index in [9.17, 15) is 20.4 Å². The molecule has 1 aromatic carbocycles. The molecule has 1 spiro atoms. The number of nitrogens with zero attached hydrogens (tertiary/aromatic N) is 1. The topological polar surface area (TPSA) is 129 Å². The van der Waals surface area contributed by atoms with Crippen molar-refractivity contribution in [3.8, 4) is 17.0 Å². The van der Waals surface area contributed by atoms with Crippen molar-refractivity contribution in [2.24, 2.45) is 34.5 Å². The zero-order valence-electron chi connectivity index (χ0n) is 25.4. The van der Waals surface area contributed by atoms with Gasteiger partial charge >= 0.3 is 265 Å². The van der Waals surface area contributed by atoms with E-state index in [0.717, 1.165) is 12.0 Å². The molecule has 1 saturated heterocycles. The average molecular weight is 765 g/mol. The van der Waals surface area contributed by atoms with Crippen LogP contribution >= 0.6 is 0 Å². The van der Waals surface area contributed by atoms with Gasteiger partial charge in [-0.3, -0.25) is 0 Å². The number of aromatic nitrogens is 1. The number of aliphatic hydroxyl groups is 3. The summed E-state index contributed by atoms with van der Waals surface area (Å²) in [6, 6.07) is 6.78. The summed E-state index contributed by atoms with van der Waals surface area (Å²) >= 11 is -0.0948. The Bertz CT molecular complexity index is 1450. The zero-order chi connectivity index (χ0) is 30.6. The Morgan fingerprint density at radius 2 is 1.90 bits per heavy atom. The number of fused-ring (bicyclic) bond motifs is 1. The van der Waals surface area contributed by atoms with E-state index in [2.05, 4.69) is 45.5 Å². The average Bonchev–Trinajstić information content (AvgIpc) is 3.79. The predicted octanol–water partition coefficient (Wildman–Crippen LogP) is 5.01. The molecule has 4 aliphatic rings. The van der Waals surface area contributed by atoms with Gasteiger partial charge in [0.05, 0.1) is 0 Å². The number of phenolic OH excluding ortho intramolecular Hbond substituents is 1. The normalized spacial score (nSPS) is 40.8. The molecule has 3 unspecified atom stereocenters. The van der Waals surface area contributed by atoms with Crippen LogP contribution in [0.3, 0.4) is 0 Å². The van der Waals surface area contributed by atoms with Crippen LogP contribution in [0.1, 0.15) is 58.7 Å². The molecule has 9 heteroatoms. The first kappa shape index (κ1) is 30.5. The van der Waals surface area contributed by atoms with Gasteiger partial charge < -0.3 is 0 Å². The summed E-state index contributed by atoms with van der Waals surface area (Å²) in [7, 11) is 0. The Labute approximate surface area is 263 Å². The van der Waals surface area contributed by atoms with Gasteiger partial charge in [0.25, 0.3) is 0 Å². The van der Waals surface area contributed by atoms with Crippen LogP contribution in [0.5, 0.6) is 5.75 Å². The third kappa shape index (κ3) is 3.84. The van der Waals surface area contributed by atoms with Crippen LogP contribution in [-0.2, 0) is 35.6 Å². The Kier molecular flexibility index (Phi) is 7.24. The molecular weight excluding hydrogens is 723 g/mol. The second kappa shape index (κ2) is 9.98. The quantitative estimate of drug-likeness (QED) is 0.134. The number of phenols is 1. The fourth-order valence-corrected chi connectivity index (χ4v) is 15.4. The molecule has 1 aliphatic heterocycles. The number of aromatic hydroxyl groups is 1. The first-order valence-corrected chi connectivity index (χ1v) is 17.7. The van der Waals surface area contributed by atoms with E-state index in [1.165, 1.54) is 0 Å². The van der Waals surface area contributed by atoms with Crippen molar-refractivity contribution in [3.63, 3.8) is 0 Å². The summed E-state index contributed by atoms with van der Waals surface area (Å²) in [5, 5.41) is 49.3. The fraction of sp³-hybridized carbons (Fsp3) is 0.606.